The third kappa shape index (κ3) is 13.8. The van der Waals surface area contributed by atoms with Crippen LogP contribution in [0.5, 0.6) is 23.0 Å². The van der Waals surface area contributed by atoms with Gasteiger partial charge in [-0.1, -0.05) is 52.9 Å². The van der Waals surface area contributed by atoms with E-state index < -0.39 is 0 Å². The molecule has 7 heteroatoms. The molecular weight excluding hydrogens is 472 g/mol. The van der Waals surface area contributed by atoms with Gasteiger partial charge < -0.3 is 28.4 Å². The molecule has 206 valence electrons. The Balaban J connectivity index is 1.52. The number of hydrogen-bond acceptors (Lipinski definition) is 7. The van der Waals surface area contributed by atoms with Crippen molar-refractivity contribution >= 4 is 5.97 Å². The molecule has 7 nitrogen and oxygen atoms in total. The van der Waals surface area contributed by atoms with Gasteiger partial charge in [0.2, 0.25) is 6.79 Å². The van der Waals surface area contributed by atoms with Gasteiger partial charge in [-0.15, -0.1) is 0 Å². The van der Waals surface area contributed by atoms with Gasteiger partial charge in [-0.25, -0.2) is 0 Å². The summed E-state index contributed by atoms with van der Waals surface area (Å²) in [4.78, 5) is 11.6. The fourth-order valence-corrected chi connectivity index (χ4v) is 3.31. The van der Waals surface area contributed by atoms with Crippen molar-refractivity contribution in [3.05, 3.63) is 48.5 Å². The van der Waals surface area contributed by atoms with Crippen LogP contribution in [0.25, 0.3) is 0 Å². The summed E-state index contributed by atoms with van der Waals surface area (Å²) >= 11 is 0. The van der Waals surface area contributed by atoms with Gasteiger partial charge in [-0.05, 0) is 61.4 Å². The van der Waals surface area contributed by atoms with Crippen LogP contribution < -0.4 is 18.9 Å². The Morgan fingerprint density at radius 3 is 1.70 bits per heavy atom. The highest BCUT2D eigenvalue weighted by atomic mass is 16.7. The van der Waals surface area contributed by atoms with E-state index in [-0.39, 0.29) is 25.5 Å². The number of rotatable bonds is 21. The summed E-state index contributed by atoms with van der Waals surface area (Å²) in [5.41, 5.74) is 0. The molecule has 0 bridgehead atoms. The van der Waals surface area contributed by atoms with Crippen molar-refractivity contribution in [2.24, 2.45) is 5.92 Å². The van der Waals surface area contributed by atoms with Gasteiger partial charge in [0.1, 0.15) is 23.0 Å². The Morgan fingerprint density at radius 2 is 1.14 bits per heavy atom. The van der Waals surface area contributed by atoms with Crippen molar-refractivity contribution in [2.45, 2.75) is 72.1 Å². The lowest BCUT2D eigenvalue weighted by Gasteiger charge is -2.11. The summed E-state index contributed by atoms with van der Waals surface area (Å²) < 4.78 is 33.3. The molecule has 0 spiro atoms. The minimum Gasteiger partial charge on any atom is -0.494 e. The first-order valence-electron chi connectivity index (χ1n) is 13.6. The number of benzene rings is 2. The van der Waals surface area contributed by atoms with Gasteiger partial charge in [-0.2, -0.15) is 0 Å². The molecule has 0 saturated carbocycles. The average molecular weight is 517 g/mol. The lowest BCUT2D eigenvalue weighted by Crippen LogP contribution is -2.15. The summed E-state index contributed by atoms with van der Waals surface area (Å²) in [5, 5.41) is 0. The van der Waals surface area contributed by atoms with E-state index in [1.54, 1.807) is 0 Å². The molecule has 1 unspecified atom stereocenters. The van der Waals surface area contributed by atoms with Crippen molar-refractivity contribution in [1.29, 1.82) is 0 Å². The first-order valence-corrected chi connectivity index (χ1v) is 13.6. The third-order valence-corrected chi connectivity index (χ3v) is 5.87. The molecule has 0 aliphatic heterocycles. The van der Waals surface area contributed by atoms with Crippen LogP contribution in [0.15, 0.2) is 48.5 Å². The number of carbonyl (C=O) groups is 1. The van der Waals surface area contributed by atoms with Crippen LogP contribution in [0.3, 0.4) is 0 Å². The predicted octanol–water partition coefficient (Wildman–Crippen LogP) is 7.17. The van der Waals surface area contributed by atoms with Gasteiger partial charge in [0.15, 0.2) is 6.79 Å². The van der Waals surface area contributed by atoms with Crippen LogP contribution in [0.2, 0.25) is 0 Å². The zero-order valence-electron chi connectivity index (χ0n) is 22.7. The van der Waals surface area contributed by atoms with E-state index >= 15 is 0 Å². The van der Waals surface area contributed by atoms with Crippen LogP contribution in [-0.4, -0.2) is 39.4 Å². The predicted molar refractivity (Wildman–Crippen MR) is 144 cm³/mol. The Kier molecular flexibility index (Phi) is 15.7. The lowest BCUT2D eigenvalue weighted by atomic mass is 10.1. The standard InChI is InChI=1S/C30H44O7/c1-4-6-7-8-9-10-21-33-26-12-14-28(15-13-26)36-24-37-29-18-16-27(17-19-29)35-23-32-20-11-22-34-30(31)25(3)5-2/h12-19,25H,4-11,20-24H2,1-3H3. The summed E-state index contributed by atoms with van der Waals surface area (Å²) in [6.45, 7) is 7.85. The van der Waals surface area contributed by atoms with Gasteiger partial charge in [-0.3, -0.25) is 4.79 Å². The lowest BCUT2D eigenvalue weighted by molar-refractivity contribution is -0.148. The van der Waals surface area contributed by atoms with Gasteiger partial charge >= 0.3 is 5.97 Å². The van der Waals surface area contributed by atoms with Crippen molar-refractivity contribution in [2.75, 3.05) is 33.4 Å². The molecule has 0 aliphatic rings. The maximum absolute atomic E-state index is 11.6. The molecule has 0 aromatic heterocycles. The fourth-order valence-electron chi connectivity index (χ4n) is 3.31. The Hall–Kier alpha value is -2.93. The topological polar surface area (TPSA) is 72.5 Å². The normalized spacial score (nSPS) is 11.5. The fraction of sp³-hybridized carbons (Fsp3) is 0.567. The zero-order chi connectivity index (χ0) is 26.6. The van der Waals surface area contributed by atoms with Crippen LogP contribution in [0.1, 0.15) is 72.1 Å². The molecule has 0 saturated heterocycles. The van der Waals surface area contributed by atoms with Crippen LogP contribution >= 0.6 is 0 Å². The van der Waals surface area contributed by atoms with Gasteiger partial charge in [0.05, 0.1) is 25.7 Å². The monoisotopic (exact) mass is 516 g/mol. The molecule has 1 atom stereocenters. The summed E-state index contributed by atoms with van der Waals surface area (Å²) in [6, 6.07) is 14.8. The second kappa shape index (κ2) is 19.2. The van der Waals surface area contributed by atoms with E-state index in [0.29, 0.717) is 31.1 Å². The molecule has 2 aromatic carbocycles. The van der Waals surface area contributed by atoms with E-state index in [4.69, 9.17) is 28.4 Å². The van der Waals surface area contributed by atoms with Crippen molar-refractivity contribution < 1.29 is 33.2 Å². The average Bonchev–Trinajstić information content (AvgIpc) is 2.93. The maximum atomic E-state index is 11.6. The van der Waals surface area contributed by atoms with E-state index in [1.165, 1.54) is 32.1 Å². The molecular formula is C30H44O7. The third-order valence-electron chi connectivity index (χ3n) is 5.87. The van der Waals surface area contributed by atoms with E-state index in [0.717, 1.165) is 30.9 Å². The zero-order valence-corrected chi connectivity index (χ0v) is 22.7. The highest BCUT2D eigenvalue weighted by molar-refractivity contribution is 5.71. The largest absolute Gasteiger partial charge is 0.494 e. The molecule has 2 aromatic rings. The SMILES string of the molecule is CCCCCCCCOc1ccc(OCOc2ccc(OCOCCCOC(=O)C(C)CC)cc2)cc1. The molecule has 37 heavy (non-hydrogen) atoms. The smallest absolute Gasteiger partial charge is 0.308 e. The first kappa shape index (κ1) is 30.3. The number of unbranched alkanes of at least 4 members (excludes halogenated alkanes) is 5. The molecule has 0 heterocycles. The van der Waals surface area contributed by atoms with E-state index in [9.17, 15) is 4.79 Å². The minimum absolute atomic E-state index is 0.0613. The Labute approximate surface area is 222 Å². The molecule has 0 N–H and O–H groups in total. The number of carbonyl (C=O) groups excluding carboxylic acids is 1. The number of ether oxygens (including phenoxy) is 6. The van der Waals surface area contributed by atoms with Crippen LogP contribution in [-0.2, 0) is 14.3 Å². The molecule has 0 amide bonds. The first-order chi connectivity index (χ1) is 18.1. The second-order valence-electron chi connectivity index (χ2n) is 8.97. The highest BCUT2D eigenvalue weighted by Crippen LogP contribution is 2.20. The Morgan fingerprint density at radius 1 is 0.622 bits per heavy atom. The summed E-state index contributed by atoms with van der Waals surface area (Å²) in [7, 11) is 0. The maximum Gasteiger partial charge on any atom is 0.308 e. The second-order valence-corrected chi connectivity index (χ2v) is 8.97. The highest BCUT2D eigenvalue weighted by Gasteiger charge is 2.11. The van der Waals surface area contributed by atoms with E-state index in [1.807, 2.05) is 62.4 Å². The van der Waals surface area contributed by atoms with Crippen molar-refractivity contribution in [3.8, 4) is 23.0 Å². The van der Waals surface area contributed by atoms with Crippen molar-refractivity contribution in [1.82, 2.24) is 0 Å². The quantitative estimate of drug-likeness (QED) is 0.0989. The number of esters is 1. The summed E-state index contributed by atoms with van der Waals surface area (Å²) in [5.74, 6) is 2.70. The van der Waals surface area contributed by atoms with Crippen molar-refractivity contribution in [3.63, 3.8) is 0 Å². The molecule has 0 aliphatic carbocycles. The van der Waals surface area contributed by atoms with E-state index in [2.05, 4.69) is 6.92 Å². The Bertz CT molecular complexity index is 836. The number of hydrogen-bond donors (Lipinski definition) is 0. The summed E-state index contributed by atoms with van der Waals surface area (Å²) in [6.07, 6.45) is 8.92. The minimum atomic E-state index is -0.159. The molecule has 0 radical (unpaired) electrons. The molecule has 0 fully saturated rings. The van der Waals surface area contributed by atoms with Crippen LogP contribution in [0, 0.1) is 5.92 Å². The molecule has 2 rings (SSSR count). The van der Waals surface area contributed by atoms with Gasteiger partial charge in [0, 0.05) is 6.42 Å². The van der Waals surface area contributed by atoms with Crippen LogP contribution in [0.4, 0.5) is 0 Å². The van der Waals surface area contributed by atoms with Gasteiger partial charge in [0.25, 0.3) is 0 Å².